The second-order valence-corrected chi connectivity index (χ2v) is 6.21. The molecule has 0 spiro atoms. The van der Waals surface area contributed by atoms with Crippen molar-refractivity contribution < 1.29 is 4.79 Å². The molecule has 0 atom stereocenters. The van der Waals surface area contributed by atoms with E-state index in [1.54, 1.807) is 18.2 Å². The highest BCUT2D eigenvalue weighted by Crippen LogP contribution is 2.29. The number of rotatable bonds is 8. The number of nitrogens with zero attached hydrogens (tertiary/aromatic N) is 1. The van der Waals surface area contributed by atoms with E-state index in [1.165, 1.54) is 12.8 Å². The minimum absolute atomic E-state index is 0.000854. The molecule has 5 heteroatoms. The number of carbonyl (C=O) groups is 1. The minimum Gasteiger partial charge on any atom is -0.397 e. The predicted octanol–water partition coefficient (Wildman–Crippen LogP) is 3.37. The highest BCUT2D eigenvalue weighted by atomic mass is 35.5. The van der Waals surface area contributed by atoms with Crippen LogP contribution in [0.2, 0.25) is 5.02 Å². The van der Waals surface area contributed by atoms with E-state index in [4.69, 9.17) is 17.3 Å². The lowest BCUT2D eigenvalue weighted by molar-refractivity contribution is -0.116. The van der Waals surface area contributed by atoms with Crippen LogP contribution in [0.25, 0.3) is 0 Å². The SMILES string of the molecule is CCCN(CCC(=O)Nc1ccc(Cl)cc1N)CC1CC1. The second-order valence-electron chi connectivity index (χ2n) is 5.77. The number of halogens is 1. The average Bonchev–Trinajstić information content (AvgIpc) is 3.23. The van der Waals surface area contributed by atoms with Crippen LogP contribution in [0.5, 0.6) is 0 Å². The molecule has 1 saturated carbocycles. The van der Waals surface area contributed by atoms with Crippen LogP contribution in [0, 0.1) is 5.92 Å². The second kappa shape index (κ2) is 7.66. The Morgan fingerprint density at radius 3 is 2.81 bits per heavy atom. The molecule has 0 saturated heterocycles. The lowest BCUT2D eigenvalue weighted by atomic mass is 10.2. The van der Waals surface area contributed by atoms with Gasteiger partial charge < -0.3 is 16.0 Å². The van der Waals surface area contributed by atoms with Crippen molar-refractivity contribution in [3.05, 3.63) is 23.2 Å². The number of hydrogen-bond acceptors (Lipinski definition) is 3. The number of hydrogen-bond donors (Lipinski definition) is 2. The van der Waals surface area contributed by atoms with Gasteiger partial charge in [-0.15, -0.1) is 0 Å². The Balaban J connectivity index is 1.79. The smallest absolute Gasteiger partial charge is 0.225 e. The van der Waals surface area contributed by atoms with Gasteiger partial charge in [0.05, 0.1) is 11.4 Å². The molecule has 0 radical (unpaired) electrons. The van der Waals surface area contributed by atoms with Gasteiger partial charge in [-0.3, -0.25) is 4.79 Å². The molecule has 0 bridgehead atoms. The van der Waals surface area contributed by atoms with E-state index in [9.17, 15) is 4.79 Å². The van der Waals surface area contributed by atoms with Crippen molar-refractivity contribution in [3.63, 3.8) is 0 Å². The van der Waals surface area contributed by atoms with Crippen LogP contribution in [0.4, 0.5) is 11.4 Å². The number of anilines is 2. The van der Waals surface area contributed by atoms with Crippen LogP contribution >= 0.6 is 11.6 Å². The molecular weight excluding hydrogens is 286 g/mol. The summed E-state index contributed by atoms with van der Waals surface area (Å²) in [6.45, 7) is 5.18. The molecule has 0 aromatic heterocycles. The van der Waals surface area contributed by atoms with Crippen molar-refractivity contribution in [2.24, 2.45) is 5.92 Å². The molecule has 3 N–H and O–H groups in total. The van der Waals surface area contributed by atoms with Crippen molar-refractivity contribution in [2.75, 3.05) is 30.7 Å². The van der Waals surface area contributed by atoms with Gasteiger partial charge in [-0.2, -0.15) is 0 Å². The Morgan fingerprint density at radius 1 is 1.43 bits per heavy atom. The third-order valence-electron chi connectivity index (χ3n) is 3.70. The van der Waals surface area contributed by atoms with E-state index in [-0.39, 0.29) is 5.91 Å². The lowest BCUT2D eigenvalue weighted by Gasteiger charge is -2.21. The van der Waals surface area contributed by atoms with Crippen LogP contribution in [0.15, 0.2) is 18.2 Å². The minimum atomic E-state index is 0.000854. The van der Waals surface area contributed by atoms with E-state index in [0.717, 1.165) is 32.0 Å². The third kappa shape index (κ3) is 5.56. The van der Waals surface area contributed by atoms with E-state index in [0.29, 0.717) is 22.8 Å². The van der Waals surface area contributed by atoms with Crippen LogP contribution in [0.1, 0.15) is 32.6 Å². The summed E-state index contributed by atoms with van der Waals surface area (Å²) >= 11 is 5.85. The van der Waals surface area contributed by atoms with E-state index < -0.39 is 0 Å². The van der Waals surface area contributed by atoms with Crippen molar-refractivity contribution in [2.45, 2.75) is 32.6 Å². The molecule has 0 unspecified atom stereocenters. The van der Waals surface area contributed by atoms with Crippen molar-refractivity contribution in [1.82, 2.24) is 4.90 Å². The fraction of sp³-hybridized carbons (Fsp3) is 0.562. The van der Waals surface area contributed by atoms with E-state index >= 15 is 0 Å². The zero-order chi connectivity index (χ0) is 15.2. The number of nitrogen functional groups attached to an aromatic ring is 1. The van der Waals surface area contributed by atoms with Gasteiger partial charge in [0.1, 0.15) is 0 Å². The number of nitrogens with two attached hydrogens (primary N) is 1. The molecule has 21 heavy (non-hydrogen) atoms. The first-order chi connectivity index (χ1) is 10.1. The largest absolute Gasteiger partial charge is 0.397 e. The molecule has 1 aliphatic rings. The number of nitrogens with one attached hydrogen (secondary N) is 1. The van der Waals surface area contributed by atoms with Gasteiger partial charge in [0.15, 0.2) is 0 Å². The van der Waals surface area contributed by atoms with Gasteiger partial charge >= 0.3 is 0 Å². The summed E-state index contributed by atoms with van der Waals surface area (Å²) in [6, 6.07) is 5.11. The van der Waals surface area contributed by atoms with E-state index in [1.807, 2.05) is 0 Å². The molecule has 1 amide bonds. The maximum atomic E-state index is 12.0. The molecule has 0 heterocycles. The molecule has 1 aromatic carbocycles. The summed E-state index contributed by atoms with van der Waals surface area (Å²) in [6.07, 6.45) is 4.30. The Bertz CT molecular complexity index is 488. The summed E-state index contributed by atoms with van der Waals surface area (Å²) in [5, 5.41) is 3.43. The predicted molar refractivity (Wildman–Crippen MR) is 88.6 cm³/mol. The fourth-order valence-corrected chi connectivity index (χ4v) is 2.58. The highest BCUT2D eigenvalue weighted by molar-refractivity contribution is 6.31. The number of benzene rings is 1. The number of carbonyl (C=O) groups excluding carboxylic acids is 1. The molecule has 1 aliphatic carbocycles. The first-order valence-electron chi connectivity index (χ1n) is 7.65. The number of amides is 1. The van der Waals surface area contributed by atoms with Gasteiger partial charge in [-0.25, -0.2) is 0 Å². The Hall–Kier alpha value is -1.26. The summed E-state index contributed by atoms with van der Waals surface area (Å²) < 4.78 is 0. The van der Waals surface area contributed by atoms with Crippen LogP contribution in [-0.4, -0.2) is 30.4 Å². The molecule has 4 nitrogen and oxygen atoms in total. The zero-order valence-corrected chi connectivity index (χ0v) is 13.3. The van der Waals surface area contributed by atoms with Gasteiger partial charge in [-0.05, 0) is 49.9 Å². The molecular formula is C16H24ClN3O. The van der Waals surface area contributed by atoms with Crippen molar-refractivity contribution in [1.29, 1.82) is 0 Å². The molecule has 2 rings (SSSR count). The first kappa shape index (κ1) is 16.1. The maximum absolute atomic E-state index is 12.0. The Kier molecular flexibility index (Phi) is 5.88. The normalized spacial score (nSPS) is 14.4. The summed E-state index contributed by atoms with van der Waals surface area (Å²) in [7, 11) is 0. The fourth-order valence-electron chi connectivity index (χ4n) is 2.40. The topological polar surface area (TPSA) is 58.4 Å². The van der Waals surface area contributed by atoms with Crippen molar-refractivity contribution in [3.8, 4) is 0 Å². The zero-order valence-electron chi connectivity index (χ0n) is 12.6. The lowest BCUT2D eigenvalue weighted by Crippen LogP contribution is -2.30. The van der Waals surface area contributed by atoms with Gasteiger partial charge in [0.2, 0.25) is 5.91 Å². The molecule has 116 valence electrons. The van der Waals surface area contributed by atoms with Crippen molar-refractivity contribution >= 4 is 28.9 Å². The third-order valence-corrected chi connectivity index (χ3v) is 3.93. The van der Waals surface area contributed by atoms with Crippen LogP contribution < -0.4 is 11.1 Å². The van der Waals surface area contributed by atoms with E-state index in [2.05, 4.69) is 17.1 Å². The quantitative estimate of drug-likeness (QED) is 0.724. The van der Waals surface area contributed by atoms with Crippen LogP contribution in [0.3, 0.4) is 0 Å². The van der Waals surface area contributed by atoms with Gasteiger partial charge in [0.25, 0.3) is 0 Å². The monoisotopic (exact) mass is 309 g/mol. The first-order valence-corrected chi connectivity index (χ1v) is 8.03. The maximum Gasteiger partial charge on any atom is 0.225 e. The standard InChI is InChI=1S/C16H24ClN3O/c1-2-8-20(11-12-3-4-12)9-7-16(21)19-15-6-5-13(17)10-14(15)18/h5-6,10,12H,2-4,7-9,11,18H2,1H3,(H,19,21). The summed E-state index contributed by atoms with van der Waals surface area (Å²) in [5.74, 6) is 0.854. The average molecular weight is 310 g/mol. The highest BCUT2D eigenvalue weighted by Gasteiger charge is 2.24. The molecule has 0 aliphatic heterocycles. The molecule has 1 fully saturated rings. The Labute approximate surface area is 131 Å². The molecule has 1 aromatic rings. The van der Waals surface area contributed by atoms with Crippen LogP contribution in [-0.2, 0) is 4.79 Å². The Morgan fingerprint density at radius 2 is 2.19 bits per heavy atom. The van der Waals surface area contributed by atoms with Gasteiger partial charge in [-0.1, -0.05) is 18.5 Å². The summed E-state index contributed by atoms with van der Waals surface area (Å²) in [4.78, 5) is 14.4. The van der Waals surface area contributed by atoms with Gasteiger partial charge in [0, 0.05) is 24.5 Å². The summed E-state index contributed by atoms with van der Waals surface area (Å²) in [5.41, 5.74) is 6.97.